The van der Waals surface area contributed by atoms with E-state index >= 15 is 0 Å². The molecule has 2 aromatic rings. The molecule has 0 amide bonds. The van der Waals surface area contributed by atoms with Crippen LogP contribution in [0.15, 0.2) is 24.3 Å². The molecule has 1 aliphatic carbocycles. The first-order chi connectivity index (χ1) is 9.38. The van der Waals surface area contributed by atoms with Crippen LogP contribution >= 0.6 is 0 Å². The number of hydrogen-bond donors (Lipinski definition) is 2. The fourth-order valence-electron chi connectivity index (χ4n) is 2.95. The maximum absolute atomic E-state index is 9.45. The summed E-state index contributed by atoms with van der Waals surface area (Å²) in [4.78, 5) is 4.47. The molecule has 102 valence electrons. The molecule has 0 spiro atoms. The molecule has 4 nitrogen and oxygen atoms in total. The molecule has 19 heavy (non-hydrogen) atoms. The van der Waals surface area contributed by atoms with Crippen molar-refractivity contribution in [2.45, 2.75) is 51.4 Å². The number of nitrogens with one attached hydrogen (secondary N) is 1. The second-order valence-electron chi connectivity index (χ2n) is 5.30. The van der Waals surface area contributed by atoms with Crippen molar-refractivity contribution in [1.29, 1.82) is 0 Å². The highest BCUT2D eigenvalue weighted by molar-refractivity contribution is 5.75. The Balaban J connectivity index is 1.78. The Morgan fingerprint density at radius 3 is 2.79 bits per heavy atom. The Labute approximate surface area is 113 Å². The topological polar surface area (TPSA) is 50.1 Å². The van der Waals surface area contributed by atoms with Gasteiger partial charge in [0.15, 0.2) is 0 Å². The van der Waals surface area contributed by atoms with Crippen LogP contribution in [0.25, 0.3) is 11.0 Å². The molecule has 3 rings (SSSR count). The third-order valence-electron chi connectivity index (χ3n) is 4.02. The summed E-state index contributed by atoms with van der Waals surface area (Å²) in [6.07, 6.45) is 6.56. The number of nitrogens with zero attached hydrogens (tertiary/aromatic N) is 2. The molecule has 4 heteroatoms. The number of fused-ring (bicyclic) bond motifs is 1. The van der Waals surface area contributed by atoms with Gasteiger partial charge in [-0.15, -0.1) is 0 Å². The first-order valence-corrected chi connectivity index (χ1v) is 7.17. The van der Waals surface area contributed by atoms with E-state index in [9.17, 15) is 5.11 Å². The molecule has 0 aliphatic heterocycles. The van der Waals surface area contributed by atoms with Gasteiger partial charge >= 0.3 is 0 Å². The highest BCUT2D eigenvalue weighted by Crippen LogP contribution is 2.19. The zero-order valence-electron chi connectivity index (χ0n) is 11.2. The maximum atomic E-state index is 9.45. The molecule has 1 fully saturated rings. The lowest BCUT2D eigenvalue weighted by Gasteiger charge is -2.23. The Hall–Kier alpha value is -1.39. The first kappa shape index (κ1) is 12.6. The van der Waals surface area contributed by atoms with E-state index in [1.165, 1.54) is 32.1 Å². The summed E-state index contributed by atoms with van der Waals surface area (Å²) in [5.74, 6) is 0.740. The summed E-state index contributed by atoms with van der Waals surface area (Å²) in [7, 11) is 0. The fourth-order valence-corrected chi connectivity index (χ4v) is 2.95. The van der Waals surface area contributed by atoms with Gasteiger partial charge in [0, 0.05) is 6.04 Å². The molecular formula is C15H21N3O. The minimum Gasteiger partial charge on any atom is -0.388 e. The zero-order valence-corrected chi connectivity index (χ0v) is 11.2. The van der Waals surface area contributed by atoms with Crippen molar-refractivity contribution in [2.75, 3.05) is 0 Å². The minimum atomic E-state index is -0.0129. The number of benzene rings is 1. The SMILES string of the molecule is OCc1nc2ccccc2n1CNC1CCCCC1. The lowest BCUT2D eigenvalue weighted by Crippen LogP contribution is -2.33. The van der Waals surface area contributed by atoms with Gasteiger partial charge in [-0.3, -0.25) is 5.32 Å². The largest absolute Gasteiger partial charge is 0.388 e. The zero-order chi connectivity index (χ0) is 13.1. The number of aromatic nitrogens is 2. The summed E-state index contributed by atoms with van der Waals surface area (Å²) in [5.41, 5.74) is 2.05. The van der Waals surface area contributed by atoms with Gasteiger partial charge in [0.1, 0.15) is 12.4 Å². The van der Waals surface area contributed by atoms with E-state index in [0.29, 0.717) is 6.04 Å². The van der Waals surface area contributed by atoms with E-state index in [1.54, 1.807) is 0 Å². The molecule has 0 unspecified atom stereocenters. The molecule has 0 radical (unpaired) electrons. The minimum absolute atomic E-state index is 0.0129. The van der Waals surface area contributed by atoms with Gasteiger partial charge in [0.2, 0.25) is 0 Å². The molecule has 1 aromatic heterocycles. The third-order valence-corrected chi connectivity index (χ3v) is 4.02. The molecule has 0 atom stereocenters. The third kappa shape index (κ3) is 2.65. The highest BCUT2D eigenvalue weighted by Gasteiger charge is 2.14. The van der Waals surface area contributed by atoms with Crippen molar-refractivity contribution in [2.24, 2.45) is 0 Å². The molecule has 0 saturated heterocycles. The van der Waals surface area contributed by atoms with Crippen LogP contribution < -0.4 is 5.32 Å². The van der Waals surface area contributed by atoms with Crippen LogP contribution in [0.1, 0.15) is 37.9 Å². The Kier molecular flexibility index (Phi) is 3.80. The maximum Gasteiger partial charge on any atom is 0.136 e. The number of rotatable bonds is 4. The van der Waals surface area contributed by atoms with Crippen LogP contribution in [0.5, 0.6) is 0 Å². The molecule has 1 aromatic carbocycles. The van der Waals surface area contributed by atoms with Gasteiger partial charge < -0.3 is 9.67 Å². The smallest absolute Gasteiger partial charge is 0.136 e. The predicted octanol–water partition coefficient (Wildman–Crippen LogP) is 2.41. The summed E-state index contributed by atoms with van der Waals surface area (Å²) < 4.78 is 2.09. The quantitative estimate of drug-likeness (QED) is 0.886. The van der Waals surface area contributed by atoms with Gasteiger partial charge in [-0.25, -0.2) is 4.98 Å². The number of para-hydroxylation sites is 2. The molecule has 1 saturated carbocycles. The van der Waals surface area contributed by atoms with Crippen LogP contribution in [0.4, 0.5) is 0 Å². The average molecular weight is 259 g/mol. The van der Waals surface area contributed by atoms with Gasteiger partial charge in [-0.05, 0) is 25.0 Å². The van der Waals surface area contributed by atoms with E-state index in [0.717, 1.165) is 23.5 Å². The molecular weight excluding hydrogens is 238 g/mol. The van der Waals surface area contributed by atoms with Crippen molar-refractivity contribution < 1.29 is 5.11 Å². The lowest BCUT2D eigenvalue weighted by atomic mass is 9.96. The number of aliphatic hydroxyl groups is 1. The standard InChI is InChI=1S/C15H21N3O/c19-10-15-17-13-8-4-5-9-14(13)18(15)11-16-12-6-2-1-3-7-12/h4-5,8-9,12,16,19H,1-3,6-7,10-11H2. The van der Waals surface area contributed by atoms with Crippen molar-refractivity contribution in [3.8, 4) is 0 Å². The predicted molar refractivity (Wildman–Crippen MR) is 75.7 cm³/mol. The summed E-state index contributed by atoms with van der Waals surface area (Å²) in [6, 6.07) is 8.66. The van der Waals surface area contributed by atoms with Crippen LogP contribution in [0, 0.1) is 0 Å². The van der Waals surface area contributed by atoms with E-state index in [-0.39, 0.29) is 6.61 Å². The lowest BCUT2D eigenvalue weighted by molar-refractivity contribution is 0.261. The average Bonchev–Trinajstić information content (AvgIpc) is 2.84. The number of imidazole rings is 1. The summed E-state index contributed by atoms with van der Waals surface area (Å²) in [6.45, 7) is 0.724. The first-order valence-electron chi connectivity index (χ1n) is 7.17. The van der Waals surface area contributed by atoms with Gasteiger partial charge in [0.05, 0.1) is 17.7 Å². The van der Waals surface area contributed by atoms with Crippen molar-refractivity contribution in [3.63, 3.8) is 0 Å². The molecule has 1 heterocycles. The summed E-state index contributed by atoms with van der Waals surface area (Å²) in [5, 5.41) is 13.0. The second-order valence-corrected chi connectivity index (χ2v) is 5.30. The van der Waals surface area contributed by atoms with E-state index < -0.39 is 0 Å². The monoisotopic (exact) mass is 259 g/mol. The van der Waals surface area contributed by atoms with Crippen LogP contribution in [0.2, 0.25) is 0 Å². The highest BCUT2D eigenvalue weighted by atomic mass is 16.3. The van der Waals surface area contributed by atoms with Gasteiger partial charge in [-0.1, -0.05) is 31.4 Å². The number of aliphatic hydroxyl groups excluding tert-OH is 1. The van der Waals surface area contributed by atoms with E-state index in [4.69, 9.17) is 0 Å². The Morgan fingerprint density at radius 2 is 2.00 bits per heavy atom. The Morgan fingerprint density at radius 1 is 1.21 bits per heavy atom. The van der Waals surface area contributed by atoms with Crippen LogP contribution in [0.3, 0.4) is 0 Å². The van der Waals surface area contributed by atoms with Crippen LogP contribution in [-0.2, 0) is 13.3 Å². The normalized spacial score (nSPS) is 17.1. The van der Waals surface area contributed by atoms with Crippen molar-refractivity contribution >= 4 is 11.0 Å². The van der Waals surface area contributed by atoms with Gasteiger partial charge in [-0.2, -0.15) is 0 Å². The Bertz CT molecular complexity index is 543. The second kappa shape index (κ2) is 5.72. The van der Waals surface area contributed by atoms with E-state index in [2.05, 4.69) is 20.9 Å². The van der Waals surface area contributed by atoms with Crippen molar-refractivity contribution in [3.05, 3.63) is 30.1 Å². The molecule has 2 N–H and O–H groups in total. The number of hydrogen-bond acceptors (Lipinski definition) is 3. The van der Waals surface area contributed by atoms with Crippen LogP contribution in [-0.4, -0.2) is 20.7 Å². The molecule has 1 aliphatic rings. The van der Waals surface area contributed by atoms with Gasteiger partial charge in [0.25, 0.3) is 0 Å². The summed E-state index contributed by atoms with van der Waals surface area (Å²) >= 11 is 0. The fraction of sp³-hybridized carbons (Fsp3) is 0.533. The molecule has 0 bridgehead atoms. The van der Waals surface area contributed by atoms with E-state index in [1.807, 2.05) is 18.2 Å². The van der Waals surface area contributed by atoms with Crippen molar-refractivity contribution in [1.82, 2.24) is 14.9 Å².